The number of ketones is 1. The van der Waals surface area contributed by atoms with Gasteiger partial charge in [0.1, 0.15) is 16.6 Å². The van der Waals surface area contributed by atoms with Gasteiger partial charge < -0.3 is 44.0 Å². The number of amides is 2. The molecule has 6 aliphatic rings. The Morgan fingerprint density at radius 2 is 0.946 bits per heavy atom. The van der Waals surface area contributed by atoms with Crippen LogP contribution in [0.4, 0.5) is 0 Å². The first-order valence-corrected chi connectivity index (χ1v) is 34.3. The average Bonchev–Trinajstić information content (AvgIpc) is 1.60. The Kier molecular flexibility index (Phi) is 36.3. The number of allylic oxidation sites excluding steroid dienone is 12. The maximum Gasteiger partial charge on any atom is 0.338 e. The van der Waals surface area contributed by atoms with E-state index in [2.05, 4.69) is 102 Å². The van der Waals surface area contributed by atoms with E-state index < -0.39 is 46.5 Å². The van der Waals surface area contributed by atoms with Crippen molar-refractivity contribution in [2.24, 2.45) is 22.7 Å². The zero-order chi connectivity index (χ0) is 69.1. The van der Waals surface area contributed by atoms with Crippen molar-refractivity contribution in [1.29, 1.82) is 0 Å². The molecule has 0 bridgehead atoms. The van der Waals surface area contributed by atoms with Crippen LogP contribution in [0.5, 0.6) is 0 Å². The Labute approximate surface area is 556 Å². The molecule has 0 unspecified atom stereocenters. The van der Waals surface area contributed by atoms with Crippen LogP contribution in [0, 0.1) is 22.7 Å². The minimum absolute atomic E-state index is 0.0706. The highest BCUT2D eigenvalue weighted by Gasteiger charge is 2.62. The number of hydrogen-bond acceptors (Lipinski definition) is 14. The summed E-state index contributed by atoms with van der Waals surface area (Å²) < 4.78 is 20.1. The lowest BCUT2D eigenvalue weighted by Crippen LogP contribution is -2.41. The molecule has 0 spiro atoms. The van der Waals surface area contributed by atoms with Gasteiger partial charge in [0.15, 0.2) is 0 Å². The van der Waals surface area contributed by atoms with Gasteiger partial charge in [0.05, 0.1) is 43.7 Å². The number of hydrogen-bond donors (Lipinski definition) is 2. The number of nitrogens with one attached hydrogen (secondary N) is 1. The SMILES string of the molecule is CCOC(=O)/C1=C(\NC/C=C(\C)CCC=C(C)C)CCCCCC1.CCOC(=O)[C@@]12CCCCC/C=C\1N(C/C=C(\C)CCC=C(C)C)C(=O)[C@H]2CC(=O)O.CCOC(=O)[C@@]12CCCCC/C=C\1N(C/C=C(\C)CCC=C(C)C)C(=O)[C@H]2CC(C)=O.O=C1C=CC(=O)O1. The molecule has 0 radical (unpaired) electrons. The molecule has 3 aliphatic heterocycles. The predicted octanol–water partition coefficient (Wildman–Crippen LogP) is 15.6. The monoisotopic (exact) mass is 1290 g/mol. The van der Waals surface area contributed by atoms with E-state index in [0.717, 1.165) is 151 Å². The van der Waals surface area contributed by atoms with Crippen LogP contribution < -0.4 is 5.32 Å². The summed E-state index contributed by atoms with van der Waals surface area (Å²) in [7, 11) is 0. The Hall–Kier alpha value is -7.17. The van der Waals surface area contributed by atoms with Crippen molar-refractivity contribution >= 4 is 53.4 Å². The summed E-state index contributed by atoms with van der Waals surface area (Å²) in [5, 5.41) is 13.0. The van der Waals surface area contributed by atoms with Crippen LogP contribution in [0.2, 0.25) is 0 Å². The third-order valence-electron chi connectivity index (χ3n) is 17.5. The summed E-state index contributed by atoms with van der Waals surface area (Å²) in [5.41, 5.74) is 8.86. The van der Waals surface area contributed by atoms with Gasteiger partial charge in [-0.15, -0.1) is 0 Å². The molecule has 0 aromatic carbocycles. The van der Waals surface area contributed by atoms with Crippen molar-refractivity contribution in [2.45, 2.75) is 244 Å². The van der Waals surface area contributed by atoms with Crippen molar-refractivity contribution in [3.63, 3.8) is 0 Å². The second kappa shape index (κ2) is 42.2. The first-order valence-electron chi connectivity index (χ1n) is 34.3. The first kappa shape index (κ1) is 80.1. The largest absolute Gasteiger partial charge is 0.481 e. The molecular weight excluding hydrogens is 1180 g/mol. The van der Waals surface area contributed by atoms with Crippen LogP contribution >= 0.6 is 0 Å². The normalized spacial score (nSPS) is 23.5. The molecule has 0 saturated carbocycles. The predicted molar refractivity (Wildman–Crippen MR) is 365 cm³/mol. The molecule has 2 saturated heterocycles. The minimum Gasteiger partial charge on any atom is -0.481 e. The molecule has 0 aromatic heterocycles. The van der Waals surface area contributed by atoms with Crippen LogP contribution in [-0.2, 0) is 62.1 Å². The fourth-order valence-electron chi connectivity index (χ4n) is 12.7. The molecule has 17 nitrogen and oxygen atoms in total. The van der Waals surface area contributed by atoms with Crippen LogP contribution in [0.15, 0.2) is 117 Å². The Morgan fingerprint density at radius 1 is 0.538 bits per heavy atom. The van der Waals surface area contributed by atoms with E-state index in [9.17, 15) is 48.3 Å². The van der Waals surface area contributed by atoms with E-state index in [4.69, 9.17) is 14.2 Å². The molecule has 2 fully saturated rings. The highest BCUT2D eigenvalue weighted by Crippen LogP contribution is 2.54. The summed E-state index contributed by atoms with van der Waals surface area (Å²) in [6.45, 7) is 28.3. The molecule has 93 heavy (non-hydrogen) atoms. The molecule has 3 aliphatic carbocycles. The van der Waals surface area contributed by atoms with Gasteiger partial charge in [-0.2, -0.15) is 0 Å². The second-order valence-electron chi connectivity index (χ2n) is 25.9. The third kappa shape index (κ3) is 25.9. The van der Waals surface area contributed by atoms with Crippen molar-refractivity contribution in [2.75, 3.05) is 39.5 Å². The number of aliphatic carboxylic acids is 1. The molecule has 17 heteroatoms. The number of carbonyl (C=O) groups excluding carboxylic acids is 8. The number of Topliss-reactive ketones (excluding diaryl/α,β-unsaturated/α-hetero) is 1. The van der Waals surface area contributed by atoms with Gasteiger partial charge in [-0.1, -0.05) is 121 Å². The van der Waals surface area contributed by atoms with Gasteiger partial charge in [-0.3, -0.25) is 24.0 Å². The number of ether oxygens (including phenoxy) is 4. The van der Waals surface area contributed by atoms with Gasteiger partial charge in [-0.25, -0.2) is 14.4 Å². The molecule has 6 rings (SSSR count). The second-order valence-corrected chi connectivity index (χ2v) is 25.9. The number of cyclic esters (lactones) is 2. The molecule has 0 aromatic rings. The lowest BCUT2D eigenvalue weighted by atomic mass is 9.69. The maximum absolute atomic E-state index is 13.5. The lowest BCUT2D eigenvalue weighted by Gasteiger charge is -2.34. The number of carboxylic acid groups (broad SMARTS) is 1. The van der Waals surface area contributed by atoms with Gasteiger partial charge >= 0.3 is 35.8 Å². The number of carbonyl (C=O) groups is 9. The smallest absolute Gasteiger partial charge is 0.338 e. The topological polar surface area (TPSA) is 229 Å². The van der Waals surface area contributed by atoms with Crippen LogP contribution in [-0.4, -0.2) is 108 Å². The maximum atomic E-state index is 13.5. The molecule has 4 atom stereocenters. The van der Waals surface area contributed by atoms with E-state index in [1.807, 2.05) is 26.0 Å². The highest BCUT2D eigenvalue weighted by atomic mass is 16.6. The quantitative estimate of drug-likeness (QED) is 0.0355. The number of rotatable bonds is 26. The Bertz CT molecular complexity index is 2750. The number of carboxylic acids is 1. The first-order chi connectivity index (χ1) is 44.3. The summed E-state index contributed by atoms with van der Waals surface area (Å²) in [4.78, 5) is 113. The van der Waals surface area contributed by atoms with E-state index in [1.54, 1.807) is 23.6 Å². The van der Waals surface area contributed by atoms with Crippen molar-refractivity contribution in [3.05, 3.63) is 117 Å². The molecular formula is C76H113N3O14. The standard InChI is InChI=1S/C26H39NO4.C25H37NO5.C21H35NO2.C4H2O3/c1-6-31-25(30)26-16-10-8-7-9-14-23(26)27(24(29)22(26)18-21(5)28)17-15-20(4)13-11-12-19(2)3;1-5-31-24(30)25-15-9-7-6-8-13-21(25)26(23(29)20(25)17-22(27)28)16-14-19(4)12-10-11-18(2)3;1-5-24-21(23)19-13-8-6-7-9-14-20(19)22-16-15-18(4)12-10-11-17(2)3;5-3-1-2-4(6)7-3/h12,14-15,22H,6-11,13,16-18H2,1-5H3;11,13-14,20H,5-10,12,15-17H2,1-4H3,(H,27,28);11,15,22H,5-10,12-14,16H2,1-4H3;1-2H/b20-15+,23-14+;19-14+,21-13+;18-15+,20-19-;/t22-,26-;20-,25-;;/m11../s1. The van der Waals surface area contributed by atoms with Gasteiger partial charge in [0.2, 0.25) is 11.8 Å². The van der Waals surface area contributed by atoms with E-state index in [0.29, 0.717) is 38.2 Å². The fourth-order valence-corrected chi connectivity index (χ4v) is 12.7. The minimum atomic E-state index is -1.20. The van der Waals surface area contributed by atoms with E-state index in [-0.39, 0.29) is 55.6 Å². The number of fused-ring (bicyclic) bond motifs is 2. The van der Waals surface area contributed by atoms with Crippen LogP contribution in [0.1, 0.15) is 244 Å². The van der Waals surface area contributed by atoms with Gasteiger partial charge in [0, 0.05) is 55.3 Å². The van der Waals surface area contributed by atoms with E-state index in [1.165, 1.54) is 53.2 Å². The molecule has 3 heterocycles. The van der Waals surface area contributed by atoms with Gasteiger partial charge in [-0.05, 0) is 193 Å². The van der Waals surface area contributed by atoms with Gasteiger partial charge in [0.25, 0.3) is 0 Å². The average molecular weight is 1290 g/mol. The summed E-state index contributed by atoms with van der Waals surface area (Å²) >= 11 is 0. The molecule has 2 N–H and O–H groups in total. The van der Waals surface area contributed by atoms with Crippen molar-refractivity contribution in [3.8, 4) is 0 Å². The van der Waals surface area contributed by atoms with Crippen LogP contribution in [0.25, 0.3) is 0 Å². The fraction of sp³-hybridized carbons (Fsp3) is 0.618. The third-order valence-corrected chi connectivity index (χ3v) is 17.5. The lowest BCUT2D eigenvalue weighted by molar-refractivity contribution is -0.159. The number of esters is 5. The highest BCUT2D eigenvalue weighted by molar-refractivity contribution is 6.05. The van der Waals surface area contributed by atoms with Crippen molar-refractivity contribution in [1.82, 2.24) is 15.1 Å². The van der Waals surface area contributed by atoms with Crippen LogP contribution in [0.3, 0.4) is 0 Å². The zero-order valence-corrected chi connectivity index (χ0v) is 58.8. The summed E-state index contributed by atoms with van der Waals surface area (Å²) in [5.74, 6) is -5.25. The summed E-state index contributed by atoms with van der Waals surface area (Å²) in [6.07, 6.45) is 39.6. The van der Waals surface area contributed by atoms with Crippen molar-refractivity contribution < 1.29 is 67.2 Å². The molecule has 2 amide bonds. The zero-order valence-electron chi connectivity index (χ0n) is 58.8. The number of nitrogens with zero attached hydrogens (tertiary/aromatic N) is 2. The Balaban J connectivity index is 0.000000347. The summed E-state index contributed by atoms with van der Waals surface area (Å²) in [6, 6.07) is 0. The Morgan fingerprint density at radius 3 is 1.33 bits per heavy atom. The molecule has 516 valence electrons. The van der Waals surface area contributed by atoms with E-state index >= 15 is 0 Å². The number of likely N-dealkylation sites (tertiary alicyclic amines) is 2.